The first kappa shape index (κ1) is 13.4. The van der Waals surface area contributed by atoms with E-state index in [1.807, 2.05) is 0 Å². The van der Waals surface area contributed by atoms with Crippen molar-refractivity contribution in [2.24, 2.45) is 0 Å². The van der Waals surface area contributed by atoms with E-state index in [0.29, 0.717) is 11.9 Å². The zero-order valence-corrected chi connectivity index (χ0v) is 12.0. The van der Waals surface area contributed by atoms with Gasteiger partial charge in [-0.15, -0.1) is 5.10 Å². The van der Waals surface area contributed by atoms with Crippen LogP contribution in [0, 0.1) is 13.8 Å². The smallest absolute Gasteiger partial charge is 0.246 e. The van der Waals surface area contributed by atoms with Crippen LogP contribution in [0.2, 0.25) is 0 Å². The van der Waals surface area contributed by atoms with Gasteiger partial charge in [0.2, 0.25) is 11.9 Å². The predicted molar refractivity (Wildman–Crippen MR) is 78.8 cm³/mol. The summed E-state index contributed by atoms with van der Waals surface area (Å²) in [7, 11) is 0. The Morgan fingerprint density at radius 3 is 2.21 bits per heavy atom. The molecule has 0 radical (unpaired) electrons. The second-order valence-corrected chi connectivity index (χ2v) is 4.70. The lowest BCUT2D eigenvalue weighted by atomic mass is 10.1. The molecule has 2 rings (SSSR count). The van der Waals surface area contributed by atoms with Crippen molar-refractivity contribution in [2.45, 2.75) is 27.7 Å². The average molecular weight is 259 g/mol. The van der Waals surface area contributed by atoms with E-state index in [1.54, 1.807) is 4.68 Å². The van der Waals surface area contributed by atoms with Gasteiger partial charge < -0.3 is 10.6 Å². The second-order valence-electron chi connectivity index (χ2n) is 4.70. The van der Waals surface area contributed by atoms with Crippen molar-refractivity contribution in [3.05, 3.63) is 29.3 Å². The van der Waals surface area contributed by atoms with E-state index in [1.165, 1.54) is 11.1 Å². The molecule has 5 nitrogen and oxygen atoms in total. The fraction of sp³-hybridized carbons (Fsp3) is 0.429. The van der Waals surface area contributed by atoms with E-state index in [2.05, 4.69) is 60.9 Å². The Kier molecular flexibility index (Phi) is 3.74. The molecule has 1 aromatic carbocycles. The monoisotopic (exact) mass is 259 g/mol. The van der Waals surface area contributed by atoms with Crippen LogP contribution in [0.3, 0.4) is 0 Å². The van der Waals surface area contributed by atoms with E-state index in [0.717, 1.165) is 18.8 Å². The van der Waals surface area contributed by atoms with Crippen molar-refractivity contribution in [2.75, 3.05) is 23.7 Å². The highest BCUT2D eigenvalue weighted by Gasteiger charge is 2.13. The first-order chi connectivity index (χ1) is 9.05. The van der Waals surface area contributed by atoms with Crippen LogP contribution in [0.4, 0.5) is 11.9 Å². The third-order valence-corrected chi connectivity index (χ3v) is 3.12. The van der Waals surface area contributed by atoms with Crippen LogP contribution in [0.1, 0.15) is 25.0 Å². The van der Waals surface area contributed by atoms with Crippen molar-refractivity contribution in [3.8, 4) is 5.69 Å². The zero-order chi connectivity index (χ0) is 14.0. The van der Waals surface area contributed by atoms with Gasteiger partial charge >= 0.3 is 0 Å². The molecule has 102 valence electrons. The fourth-order valence-electron chi connectivity index (χ4n) is 2.22. The van der Waals surface area contributed by atoms with Gasteiger partial charge in [-0.05, 0) is 51.0 Å². The number of hydrogen-bond acceptors (Lipinski definition) is 4. The van der Waals surface area contributed by atoms with Crippen LogP contribution < -0.4 is 10.6 Å². The molecule has 0 amide bonds. The molecule has 0 aliphatic carbocycles. The summed E-state index contributed by atoms with van der Waals surface area (Å²) in [4.78, 5) is 6.42. The van der Waals surface area contributed by atoms with Gasteiger partial charge in [-0.25, -0.2) is 0 Å². The standard InChI is InChI=1S/C14H21N5/c1-5-18(6-2)14-16-13(15)19(17-14)12-8-10(3)7-11(4)9-12/h7-9H,5-6H2,1-4H3,(H2,15,16,17). The van der Waals surface area contributed by atoms with E-state index >= 15 is 0 Å². The number of hydrogen-bond donors (Lipinski definition) is 1. The lowest BCUT2D eigenvalue weighted by Crippen LogP contribution is -2.23. The molecule has 19 heavy (non-hydrogen) atoms. The van der Waals surface area contributed by atoms with Crippen molar-refractivity contribution >= 4 is 11.9 Å². The Bertz CT molecular complexity index is 549. The maximum absolute atomic E-state index is 5.98. The maximum atomic E-state index is 5.98. The SMILES string of the molecule is CCN(CC)c1nc(N)n(-c2cc(C)cc(C)c2)n1. The summed E-state index contributed by atoms with van der Waals surface area (Å²) < 4.78 is 1.70. The number of nitrogens with zero attached hydrogens (tertiary/aromatic N) is 4. The van der Waals surface area contributed by atoms with Gasteiger partial charge in [0.05, 0.1) is 5.69 Å². The molecule has 0 saturated carbocycles. The number of benzene rings is 1. The van der Waals surface area contributed by atoms with E-state index < -0.39 is 0 Å². The van der Waals surface area contributed by atoms with Crippen LogP contribution in [0.5, 0.6) is 0 Å². The lowest BCUT2D eigenvalue weighted by Gasteiger charge is -2.15. The fourth-order valence-corrected chi connectivity index (χ4v) is 2.22. The summed E-state index contributed by atoms with van der Waals surface area (Å²) in [6.45, 7) is 10.0. The summed E-state index contributed by atoms with van der Waals surface area (Å²) >= 11 is 0. The summed E-state index contributed by atoms with van der Waals surface area (Å²) in [5, 5.41) is 4.51. The summed E-state index contributed by atoms with van der Waals surface area (Å²) in [6.07, 6.45) is 0. The third-order valence-electron chi connectivity index (χ3n) is 3.12. The van der Waals surface area contributed by atoms with Crippen molar-refractivity contribution < 1.29 is 0 Å². The van der Waals surface area contributed by atoms with Gasteiger partial charge in [0, 0.05) is 13.1 Å². The molecule has 0 saturated heterocycles. The number of anilines is 2. The molecule has 0 aliphatic heterocycles. The quantitative estimate of drug-likeness (QED) is 0.915. The molecule has 0 fully saturated rings. The maximum Gasteiger partial charge on any atom is 0.246 e. The van der Waals surface area contributed by atoms with Gasteiger partial charge in [-0.1, -0.05) is 6.07 Å². The minimum absolute atomic E-state index is 0.423. The van der Waals surface area contributed by atoms with E-state index in [9.17, 15) is 0 Å². The highest BCUT2D eigenvalue weighted by Crippen LogP contribution is 2.18. The second kappa shape index (κ2) is 5.30. The average Bonchev–Trinajstić information content (AvgIpc) is 2.71. The Hall–Kier alpha value is -2.04. The Labute approximate surface area is 114 Å². The molecule has 0 bridgehead atoms. The number of rotatable bonds is 4. The van der Waals surface area contributed by atoms with Crippen LogP contribution >= 0.6 is 0 Å². The number of nitrogen functional groups attached to an aromatic ring is 1. The van der Waals surface area contributed by atoms with E-state index in [-0.39, 0.29) is 0 Å². The highest BCUT2D eigenvalue weighted by atomic mass is 15.4. The number of nitrogens with two attached hydrogens (primary N) is 1. The minimum Gasteiger partial charge on any atom is -0.368 e. The molecule has 1 heterocycles. The molecule has 0 atom stereocenters. The lowest BCUT2D eigenvalue weighted by molar-refractivity contribution is 0.802. The van der Waals surface area contributed by atoms with Gasteiger partial charge in [-0.2, -0.15) is 9.67 Å². The van der Waals surface area contributed by atoms with Crippen LogP contribution in [-0.4, -0.2) is 27.9 Å². The normalized spacial score (nSPS) is 10.7. The molecule has 1 aromatic heterocycles. The number of aromatic nitrogens is 3. The first-order valence-corrected chi connectivity index (χ1v) is 6.61. The molecular formula is C14H21N5. The highest BCUT2D eigenvalue weighted by molar-refractivity contribution is 5.46. The summed E-state index contributed by atoms with van der Waals surface area (Å²) in [5.74, 6) is 1.11. The summed E-state index contributed by atoms with van der Waals surface area (Å²) in [6, 6.07) is 6.25. The summed E-state index contributed by atoms with van der Waals surface area (Å²) in [5.41, 5.74) is 9.32. The van der Waals surface area contributed by atoms with Gasteiger partial charge in [0.15, 0.2) is 0 Å². The van der Waals surface area contributed by atoms with Crippen molar-refractivity contribution in [1.82, 2.24) is 14.8 Å². The molecule has 0 aliphatic rings. The van der Waals surface area contributed by atoms with Gasteiger partial charge in [0.1, 0.15) is 0 Å². The molecular weight excluding hydrogens is 238 g/mol. The zero-order valence-electron chi connectivity index (χ0n) is 12.0. The van der Waals surface area contributed by atoms with Crippen molar-refractivity contribution in [3.63, 3.8) is 0 Å². The van der Waals surface area contributed by atoms with Crippen LogP contribution in [0.15, 0.2) is 18.2 Å². The Balaban J connectivity index is 2.45. The van der Waals surface area contributed by atoms with Gasteiger partial charge in [0.25, 0.3) is 0 Å². The Morgan fingerprint density at radius 2 is 1.68 bits per heavy atom. The minimum atomic E-state index is 0.423. The largest absolute Gasteiger partial charge is 0.368 e. The van der Waals surface area contributed by atoms with Crippen molar-refractivity contribution in [1.29, 1.82) is 0 Å². The van der Waals surface area contributed by atoms with Crippen LogP contribution in [0.25, 0.3) is 5.69 Å². The molecule has 2 aromatic rings. The molecule has 0 unspecified atom stereocenters. The van der Waals surface area contributed by atoms with Crippen LogP contribution in [-0.2, 0) is 0 Å². The van der Waals surface area contributed by atoms with E-state index in [4.69, 9.17) is 5.73 Å². The number of aryl methyl sites for hydroxylation is 2. The first-order valence-electron chi connectivity index (χ1n) is 6.61. The molecule has 5 heteroatoms. The molecule has 2 N–H and O–H groups in total. The third kappa shape index (κ3) is 2.70. The Morgan fingerprint density at radius 1 is 1.11 bits per heavy atom. The molecule has 0 spiro atoms. The van der Waals surface area contributed by atoms with Gasteiger partial charge in [-0.3, -0.25) is 0 Å². The predicted octanol–water partition coefficient (Wildman–Crippen LogP) is 2.31. The topological polar surface area (TPSA) is 60.0 Å².